The third-order valence-electron chi connectivity index (χ3n) is 5.70. The van der Waals surface area contributed by atoms with E-state index in [9.17, 15) is 4.79 Å². The first-order valence-corrected chi connectivity index (χ1v) is 12.7. The topological polar surface area (TPSA) is 59.0 Å². The summed E-state index contributed by atoms with van der Waals surface area (Å²) in [6.07, 6.45) is 3.73. The molecule has 8 heteroatoms. The van der Waals surface area contributed by atoms with Crippen molar-refractivity contribution in [3.8, 4) is 0 Å². The monoisotopic (exact) mass is 454 g/mol. The molecule has 1 unspecified atom stereocenters. The number of fused-ring (bicyclic) bond motifs is 2. The van der Waals surface area contributed by atoms with E-state index < -0.39 is 0 Å². The molecule has 5 nitrogen and oxygen atoms in total. The van der Waals surface area contributed by atoms with E-state index in [0.717, 1.165) is 51.7 Å². The van der Waals surface area contributed by atoms with Crippen molar-refractivity contribution in [1.29, 1.82) is 0 Å². The minimum absolute atomic E-state index is 0.183. The van der Waals surface area contributed by atoms with Gasteiger partial charge in [-0.05, 0) is 44.4 Å². The molecule has 1 saturated heterocycles. The molecule has 30 heavy (non-hydrogen) atoms. The van der Waals surface area contributed by atoms with E-state index in [2.05, 4.69) is 42.0 Å². The van der Waals surface area contributed by atoms with Gasteiger partial charge in [0.25, 0.3) is 0 Å². The molecule has 3 aromatic heterocycles. The summed E-state index contributed by atoms with van der Waals surface area (Å²) in [5, 5.41) is 3.17. The Morgan fingerprint density at radius 2 is 2.10 bits per heavy atom. The molecule has 0 spiro atoms. The molecular weight excluding hydrogens is 432 g/mol. The summed E-state index contributed by atoms with van der Waals surface area (Å²) in [6.45, 7) is 5.80. The van der Waals surface area contributed by atoms with Crippen LogP contribution in [0.5, 0.6) is 0 Å². The van der Waals surface area contributed by atoms with E-state index in [1.54, 1.807) is 29.0 Å². The van der Waals surface area contributed by atoms with Gasteiger partial charge in [0.15, 0.2) is 0 Å². The number of likely N-dealkylation sites (tertiary alicyclic amines) is 1. The molecule has 0 bridgehead atoms. The number of para-hydroxylation sites is 1. The predicted molar refractivity (Wildman–Crippen MR) is 126 cm³/mol. The molecule has 1 atom stereocenters. The van der Waals surface area contributed by atoms with Crippen molar-refractivity contribution in [2.75, 3.05) is 18.8 Å². The molecule has 0 radical (unpaired) electrons. The van der Waals surface area contributed by atoms with Gasteiger partial charge in [0.05, 0.1) is 21.0 Å². The fraction of sp³-hybridized carbons (Fsp3) is 0.364. The van der Waals surface area contributed by atoms with Crippen LogP contribution in [0, 0.1) is 13.8 Å². The zero-order chi connectivity index (χ0) is 20.7. The van der Waals surface area contributed by atoms with E-state index in [-0.39, 0.29) is 5.91 Å². The van der Waals surface area contributed by atoms with E-state index in [1.165, 1.54) is 26.9 Å². The summed E-state index contributed by atoms with van der Waals surface area (Å²) in [4.78, 5) is 31.0. The molecular formula is C22H22N4OS3. The normalized spacial score (nSPS) is 17.1. The first kappa shape index (κ1) is 19.9. The Kier molecular flexibility index (Phi) is 5.47. The molecule has 154 valence electrons. The second-order valence-corrected chi connectivity index (χ2v) is 10.9. The number of aryl methyl sites for hydroxylation is 2. The molecule has 1 fully saturated rings. The Morgan fingerprint density at radius 3 is 2.97 bits per heavy atom. The standard InChI is InChI=1S/C22H22N4OS3/c1-13-14(2)29-22-19(13)21(23-12-24-22)28-11-18(27)26-9-5-6-15(10-26)20-25-16-7-3-4-8-17(16)30-20/h3-4,7-8,12,15H,5-6,9-11H2,1-2H3. The number of piperidine rings is 1. The van der Waals surface area contributed by atoms with Crippen LogP contribution in [0.25, 0.3) is 20.4 Å². The van der Waals surface area contributed by atoms with Crippen LogP contribution >= 0.6 is 34.4 Å². The Labute approximate surface area is 187 Å². The number of rotatable bonds is 4. The molecule has 0 saturated carbocycles. The van der Waals surface area contributed by atoms with E-state index in [1.807, 2.05) is 11.0 Å². The van der Waals surface area contributed by atoms with E-state index >= 15 is 0 Å². The number of carbonyl (C=O) groups excluding carboxylic acids is 1. The van der Waals surface area contributed by atoms with Gasteiger partial charge < -0.3 is 4.90 Å². The average Bonchev–Trinajstić information content (AvgIpc) is 3.33. The van der Waals surface area contributed by atoms with Gasteiger partial charge in [0.1, 0.15) is 16.2 Å². The van der Waals surface area contributed by atoms with Crippen LogP contribution in [0.1, 0.15) is 34.2 Å². The summed E-state index contributed by atoms with van der Waals surface area (Å²) in [6, 6.07) is 8.27. The number of nitrogens with zero attached hydrogens (tertiary/aromatic N) is 4. The highest BCUT2D eigenvalue weighted by Crippen LogP contribution is 2.36. The molecule has 5 rings (SSSR count). The van der Waals surface area contributed by atoms with Gasteiger partial charge >= 0.3 is 0 Å². The molecule has 4 aromatic rings. The van der Waals surface area contributed by atoms with Crippen LogP contribution in [0.2, 0.25) is 0 Å². The van der Waals surface area contributed by atoms with Crippen molar-refractivity contribution in [1.82, 2.24) is 19.9 Å². The number of benzene rings is 1. The SMILES string of the molecule is Cc1sc2ncnc(SCC(=O)N3CCCC(c4nc5ccccc5s4)C3)c2c1C. The zero-order valence-corrected chi connectivity index (χ0v) is 19.4. The fourth-order valence-electron chi connectivity index (χ4n) is 3.95. The second-order valence-electron chi connectivity index (χ2n) is 7.63. The second kappa shape index (κ2) is 8.24. The van der Waals surface area contributed by atoms with Crippen molar-refractivity contribution in [3.05, 3.63) is 46.0 Å². The number of carbonyl (C=O) groups is 1. The first-order valence-electron chi connectivity index (χ1n) is 10.1. The molecule has 1 aromatic carbocycles. The van der Waals surface area contributed by atoms with Gasteiger partial charge in [-0.15, -0.1) is 22.7 Å². The third-order valence-corrected chi connectivity index (χ3v) is 8.99. The van der Waals surface area contributed by atoms with Crippen molar-refractivity contribution in [2.24, 2.45) is 0 Å². The maximum Gasteiger partial charge on any atom is 0.233 e. The van der Waals surface area contributed by atoms with Crippen LogP contribution in [-0.2, 0) is 4.79 Å². The van der Waals surface area contributed by atoms with Crippen LogP contribution in [0.15, 0.2) is 35.6 Å². The van der Waals surface area contributed by atoms with Gasteiger partial charge in [-0.1, -0.05) is 23.9 Å². The maximum absolute atomic E-state index is 13.0. The Morgan fingerprint density at radius 1 is 1.23 bits per heavy atom. The summed E-state index contributed by atoms with van der Waals surface area (Å²) in [7, 11) is 0. The van der Waals surface area contributed by atoms with E-state index in [4.69, 9.17) is 4.98 Å². The minimum atomic E-state index is 0.183. The van der Waals surface area contributed by atoms with E-state index in [0.29, 0.717) is 11.7 Å². The number of thiazole rings is 1. The first-order chi connectivity index (χ1) is 14.6. The van der Waals surface area contributed by atoms with Gasteiger partial charge in [-0.25, -0.2) is 15.0 Å². The summed E-state index contributed by atoms with van der Waals surface area (Å²) in [5.74, 6) is 0.923. The summed E-state index contributed by atoms with van der Waals surface area (Å²) in [5.41, 5.74) is 2.28. The highest BCUT2D eigenvalue weighted by Gasteiger charge is 2.27. The number of hydrogen-bond donors (Lipinski definition) is 0. The zero-order valence-electron chi connectivity index (χ0n) is 16.9. The average molecular weight is 455 g/mol. The van der Waals surface area contributed by atoms with Gasteiger partial charge in [0.2, 0.25) is 5.91 Å². The lowest BCUT2D eigenvalue weighted by atomic mass is 9.99. The van der Waals surface area contributed by atoms with Gasteiger partial charge in [0, 0.05) is 29.3 Å². The summed E-state index contributed by atoms with van der Waals surface area (Å²) >= 11 is 4.98. The quantitative estimate of drug-likeness (QED) is 0.305. The van der Waals surface area contributed by atoms with Crippen LogP contribution in [0.4, 0.5) is 0 Å². The molecule has 0 aliphatic carbocycles. The van der Waals surface area contributed by atoms with Crippen LogP contribution < -0.4 is 0 Å². The highest BCUT2D eigenvalue weighted by atomic mass is 32.2. The molecule has 1 amide bonds. The molecule has 0 N–H and O–H groups in total. The molecule has 1 aliphatic heterocycles. The minimum Gasteiger partial charge on any atom is -0.341 e. The van der Waals surface area contributed by atoms with Crippen molar-refractivity contribution < 1.29 is 4.79 Å². The highest BCUT2D eigenvalue weighted by molar-refractivity contribution is 8.00. The van der Waals surface area contributed by atoms with Gasteiger partial charge in [-0.2, -0.15) is 0 Å². The molecule has 1 aliphatic rings. The van der Waals surface area contributed by atoms with Crippen molar-refractivity contribution in [2.45, 2.75) is 37.6 Å². The lowest BCUT2D eigenvalue weighted by Gasteiger charge is -2.31. The van der Waals surface area contributed by atoms with Gasteiger partial charge in [-0.3, -0.25) is 4.79 Å². The summed E-state index contributed by atoms with van der Waals surface area (Å²) < 4.78 is 1.22. The number of aromatic nitrogens is 3. The smallest absolute Gasteiger partial charge is 0.233 e. The largest absolute Gasteiger partial charge is 0.341 e. The maximum atomic E-state index is 13.0. The number of amides is 1. The van der Waals surface area contributed by atoms with Crippen molar-refractivity contribution in [3.63, 3.8) is 0 Å². The number of thioether (sulfide) groups is 1. The third kappa shape index (κ3) is 3.72. The lowest BCUT2D eigenvalue weighted by Crippen LogP contribution is -2.40. The fourth-order valence-corrected chi connectivity index (χ4v) is 7.06. The lowest BCUT2D eigenvalue weighted by molar-refractivity contribution is -0.129. The van der Waals surface area contributed by atoms with Crippen LogP contribution in [0.3, 0.4) is 0 Å². The van der Waals surface area contributed by atoms with Crippen molar-refractivity contribution >= 4 is 60.8 Å². The Hall–Kier alpha value is -2.03. The predicted octanol–water partition coefficient (Wildman–Crippen LogP) is 5.42. The molecule has 4 heterocycles. The number of thiophene rings is 1. The van der Waals surface area contributed by atoms with Crippen LogP contribution in [-0.4, -0.2) is 44.6 Å². The Balaban J connectivity index is 1.28. The Bertz CT molecular complexity index is 1200. The number of hydrogen-bond acceptors (Lipinski definition) is 7.